The molecule has 2 amide bonds. The summed E-state index contributed by atoms with van der Waals surface area (Å²) in [6, 6.07) is 14.7. The molecule has 29 heavy (non-hydrogen) atoms. The number of thiophene rings is 1. The maximum atomic E-state index is 12.7. The van der Waals surface area contributed by atoms with E-state index in [4.69, 9.17) is 4.74 Å². The lowest BCUT2D eigenvalue weighted by molar-refractivity contribution is -0.137. The van der Waals surface area contributed by atoms with Crippen molar-refractivity contribution >= 4 is 29.1 Å². The van der Waals surface area contributed by atoms with Crippen LogP contribution in [0.1, 0.15) is 10.5 Å². The Morgan fingerprint density at radius 2 is 1.93 bits per heavy atom. The Morgan fingerprint density at radius 1 is 1.17 bits per heavy atom. The number of rotatable bonds is 7. The highest BCUT2D eigenvalue weighted by molar-refractivity contribution is 7.13. The van der Waals surface area contributed by atoms with Gasteiger partial charge in [-0.25, -0.2) is 9.48 Å². The third kappa shape index (κ3) is 4.88. The number of hydrogen-bond acceptors (Lipinski definition) is 6. The van der Waals surface area contributed by atoms with Crippen LogP contribution < -0.4 is 5.32 Å². The molecule has 0 bridgehead atoms. The molecule has 0 atom stereocenters. The molecule has 9 heteroatoms. The molecule has 3 rings (SSSR count). The number of nitrogens with zero attached hydrogens (tertiary/aromatic N) is 3. The van der Waals surface area contributed by atoms with Crippen molar-refractivity contribution in [3.05, 3.63) is 59.6 Å². The summed E-state index contributed by atoms with van der Waals surface area (Å²) in [5, 5.41) is 8.89. The number of ether oxygens (including phenoxy) is 1. The van der Waals surface area contributed by atoms with Crippen LogP contribution in [0.15, 0.2) is 53.9 Å². The SMILES string of the molecule is CNC(=O)CN(C)C(=O)COC(=O)c1cc(-c2cccs2)nn1-c1ccccc1. The Labute approximate surface area is 171 Å². The van der Waals surface area contributed by atoms with Crippen LogP contribution in [0.3, 0.4) is 0 Å². The highest BCUT2D eigenvalue weighted by Crippen LogP contribution is 2.26. The lowest BCUT2D eigenvalue weighted by atomic mass is 10.3. The number of para-hydroxylation sites is 1. The lowest BCUT2D eigenvalue weighted by Gasteiger charge is -2.16. The fourth-order valence-corrected chi connectivity index (χ4v) is 3.21. The maximum Gasteiger partial charge on any atom is 0.357 e. The van der Waals surface area contributed by atoms with Crippen molar-refractivity contribution in [1.29, 1.82) is 0 Å². The molecule has 2 heterocycles. The van der Waals surface area contributed by atoms with Gasteiger partial charge in [0.25, 0.3) is 5.91 Å². The number of esters is 1. The zero-order valence-electron chi connectivity index (χ0n) is 16.0. The lowest BCUT2D eigenvalue weighted by Crippen LogP contribution is -2.39. The van der Waals surface area contributed by atoms with E-state index in [9.17, 15) is 14.4 Å². The van der Waals surface area contributed by atoms with Crippen LogP contribution in [-0.2, 0) is 14.3 Å². The highest BCUT2D eigenvalue weighted by Gasteiger charge is 2.21. The highest BCUT2D eigenvalue weighted by atomic mass is 32.1. The van der Waals surface area contributed by atoms with Gasteiger partial charge in [0.2, 0.25) is 5.91 Å². The Hall–Kier alpha value is -3.46. The minimum atomic E-state index is -0.675. The van der Waals surface area contributed by atoms with Gasteiger partial charge in [0, 0.05) is 20.2 Å². The summed E-state index contributed by atoms with van der Waals surface area (Å²) < 4.78 is 6.70. The minimum absolute atomic E-state index is 0.114. The van der Waals surface area contributed by atoms with Gasteiger partial charge in [-0.05, 0) is 23.6 Å². The summed E-state index contributed by atoms with van der Waals surface area (Å²) in [6.45, 7) is -0.585. The van der Waals surface area contributed by atoms with E-state index in [2.05, 4.69) is 10.4 Å². The Bertz CT molecular complexity index is 999. The monoisotopic (exact) mass is 412 g/mol. The number of benzene rings is 1. The number of carbonyl (C=O) groups is 3. The van der Waals surface area contributed by atoms with E-state index in [1.807, 2.05) is 47.8 Å². The van der Waals surface area contributed by atoms with E-state index in [1.165, 1.54) is 35.0 Å². The van der Waals surface area contributed by atoms with Crippen LogP contribution in [0.4, 0.5) is 0 Å². The molecule has 0 aliphatic rings. The summed E-state index contributed by atoms with van der Waals surface area (Å²) >= 11 is 1.51. The van der Waals surface area contributed by atoms with Gasteiger partial charge in [-0.3, -0.25) is 9.59 Å². The zero-order chi connectivity index (χ0) is 20.8. The second-order valence-corrected chi connectivity index (χ2v) is 7.09. The first-order valence-corrected chi connectivity index (χ1v) is 9.68. The van der Waals surface area contributed by atoms with Crippen molar-refractivity contribution in [1.82, 2.24) is 20.0 Å². The Balaban J connectivity index is 1.79. The number of carbonyl (C=O) groups excluding carboxylic acids is 3. The van der Waals surface area contributed by atoms with Gasteiger partial charge >= 0.3 is 5.97 Å². The minimum Gasteiger partial charge on any atom is -0.451 e. The van der Waals surface area contributed by atoms with Gasteiger partial charge in [-0.2, -0.15) is 5.10 Å². The number of amides is 2. The fourth-order valence-electron chi connectivity index (χ4n) is 2.53. The summed E-state index contributed by atoms with van der Waals surface area (Å²) in [5.41, 5.74) is 1.55. The van der Waals surface area contributed by atoms with E-state index in [-0.39, 0.29) is 18.1 Å². The van der Waals surface area contributed by atoms with Crippen LogP contribution >= 0.6 is 11.3 Å². The van der Waals surface area contributed by atoms with Crippen LogP contribution in [-0.4, -0.2) is 59.7 Å². The molecule has 8 nitrogen and oxygen atoms in total. The second-order valence-electron chi connectivity index (χ2n) is 6.14. The van der Waals surface area contributed by atoms with E-state index in [0.717, 1.165) is 4.88 Å². The molecule has 3 aromatic rings. The van der Waals surface area contributed by atoms with E-state index >= 15 is 0 Å². The molecule has 0 saturated heterocycles. The summed E-state index contributed by atoms with van der Waals surface area (Å²) in [7, 11) is 2.95. The van der Waals surface area contributed by atoms with Crippen LogP contribution in [0.2, 0.25) is 0 Å². The van der Waals surface area contributed by atoms with Crippen LogP contribution in [0.25, 0.3) is 16.3 Å². The number of likely N-dealkylation sites (N-methyl/N-ethyl adjacent to an activating group) is 2. The van der Waals surface area contributed by atoms with Gasteiger partial charge in [0.15, 0.2) is 12.3 Å². The quantitative estimate of drug-likeness (QED) is 0.599. The predicted octanol–water partition coefficient (Wildman–Crippen LogP) is 1.96. The first kappa shape index (κ1) is 20.3. The zero-order valence-corrected chi connectivity index (χ0v) is 16.8. The van der Waals surface area contributed by atoms with Crippen molar-refractivity contribution in [2.24, 2.45) is 0 Å². The topological polar surface area (TPSA) is 93.5 Å². The summed E-state index contributed by atoms with van der Waals surface area (Å²) in [6.07, 6.45) is 0. The molecule has 0 fully saturated rings. The van der Waals surface area contributed by atoms with Crippen LogP contribution in [0.5, 0.6) is 0 Å². The van der Waals surface area contributed by atoms with Gasteiger partial charge < -0.3 is 15.0 Å². The normalized spacial score (nSPS) is 10.4. The molecule has 0 aliphatic heterocycles. The van der Waals surface area contributed by atoms with Gasteiger partial charge in [0.1, 0.15) is 5.69 Å². The third-order valence-electron chi connectivity index (χ3n) is 4.10. The average molecular weight is 412 g/mol. The first-order chi connectivity index (χ1) is 14.0. The van der Waals surface area contributed by atoms with Gasteiger partial charge in [-0.1, -0.05) is 24.3 Å². The molecule has 1 N–H and O–H groups in total. The predicted molar refractivity (Wildman–Crippen MR) is 109 cm³/mol. The molecule has 0 saturated carbocycles. The van der Waals surface area contributed by atoms with E-state index < -0.39 is 18.5 Å². The molecule has 1 aromatic carbocycles. The molecule has 0 aliphatic carbocycles. The van der Waals surface area contributed by atoms with Gasteiger partial charge in [0.05, 0.1) is 17.1 Å². The fraction of sp³-hybridized carbons (Fsp3) is 0.200. The molecule has 0 radical (unpaired) electrons. The number of hydrogen-bond donors (Lipinski definition) is 1. The number of nitrogens with one attached hydrogen (secondary N) is 1. The van der Waals surface area contributed by atoms with Crippen molar-refractivity contribution in [2.45, 2.75) is 0 Å². The summed E-state index contributed by atoms with van der Waals surface area (Å²) in [5.74, 6) is -1.47. The van der Waals surface area contributed by atoms with E-state index in [0.29, 0.717) is 11.4 Å². The van der Waals surface area contributed by atoms with Crippen molar-refractivity contribution in [2.75, 3.05) is 27.2 Å². The largest absolute Gasteiger partial charge is 0.451 e. The third-order valence-corrected chi connectivity index (χ3v) is 5.00. The smallest absolute Gasteiger partial charge is 0.357 e. The van der Waals surface area contributed by atoms with Crippen molar-refractivity contribution in [3.8, 4) is 16.3 Å². The standard InChI is InChI=1S/C20H20N4O4S/c1-21-18(25)12-23(2)19(26)13-28-20(27)16-11-15(17-9-6-10-29-17)22-24(16)14-7-4-3-5-8-14/h3-11H,12-13H2,1-2H3,(H,21,25). The van der Waals surface area contributed by atoms with Crippen molar-refractivity contribution in [3.63, 3.8) is 0 Å². The molecular formula is C20H20N4O4S. The van der Waals surface area contributed by atoms with Crippen molar-refractivity contribution < 1.29 is 19.1 Å². The Kier molecular flexibility index (Phi) is 6.40. The average Bonchev–Trinajstić information content (AvgIpc) is 3.42. The van der Waals surface area contributed by atoms with Crippen LogP contribution in [0, 0.1) is 0 Å². The molecule has 0 spiro atoms. The first-order valence-electron chi connectivity index (χ1n) is 8.80. The summed E-state index contributed by atoms with van der Waals surface area (Å²) in [4.78, 5) is 38.3. The second kappa shape index (κ2) is 9.16. The number of aromatic nitrogens is 2. The molecular weight excluding hydrogens is 392 g/mol. The van der Waals surface area contributed by atoms with Gasteiger partial charge in [-0.15, -0.1) is 11.3 Å². The molecule has 2 aromatic heterocycles. The van der Waals surface area contributed by atoms with E-state index in [1.54, 1.807) is 6.07 Å². The molecule has 150 valence electrons. The Morgan fingerprint density at radius 3 is 2.59 bits per heavy atom. The molecule has 0 unspecified atom stereocenters. The maximum absolute atomic E-state index is 12.7.